The van der Waals surface area contributed by atoms with Crippen molar-refractivity contribution in [1.29, 1.82) is 0 Å². The van der Waals surface area contributed by atoms with Gasteiger partial charge >= 0.3 is 0 Å². The van der Waals surface area contributed by atoms with Crippen LogP contribution in [-0.2, 0) is 0 Å². The molecule has 3 nitrogen and oxygen atoms in total. The molecule has 0 unspecified atom stereocenters. The van der Waals surface area contributed by atoms with Gasteiger partial charge in [0, 0.05) is 28.2 Å². The Labute approximate surface area is 127 Å². The third kappa shape index (κ3) is 2.38. The van der Waals surface area contributed by atoms with Crippen molar-refractivity contribution in [3.8, 4) is 0 Å². The van der Waals surface area contributed by atoms with Crippen LogP contribution in [0.15, 0.2) is 18.2 Å². The number of carbonyl (C=O) groups is 1. The molecule has 1 aromatic carbocycles. The minimum Gasteiger partial charge on any atom is -0.397 e. The zero-order valence-electron chi connectivity index (χ0n) is 11.4. The molecule has 1 aliphatic rings. The van der Waals surface area contributed by atoms with Gasteiger partial charge in [0.05, 0.1) is 5.69 Å². The number of rotatable bonds is 1. The van der Waals surface area contributed by atoms with E-state index in [4.69, 9.17) is 17.3 Å². The summed E-state index contributed by atoms with van der Waals surface area (Å²) in [5, 5.41) is 1.53. The van der Waals surface area contributed by atoms with Crippen molar-refractivity contribution < 1.29 is 4.79 Å². The van der Waals surface area contributed by atoms with Gasteiger partial charge in [-0.15, -0.1) is 11.3 Å². The fourth-order valence-electron chi connectivity index (χ4n) is 2.60. The van der Waals surface area contributed by atoms with Crippen molar-refractivity contribution in [2.75, 3.05) is 18.8 Å². The minimum atomic E-state index is 0.0618. The molecule has 1 fully saturated rings. The van der Waals surface area contributed by atoms with Gasteiger partial charge in [-0.25, -0.2) is 0 Å². The van der Waals surface area contributed by atoms with E-state index in [1.54, 1.807) is 0 Å². The average molecular weight is 309 g/mol. The molecule has 3 rings (SSSR count). The van der Waals surface area contributed by atoms with Crippen LogP contribution in [-0.4, -0.2) is 23.9 Å². The zero-order valence-corrected chi connectivity index (χ0v) is 12.9. The maximum atomic E-state index is 12.6. The third-order valence-electron chi connectivity index (χ3n) is 3.95. The molecule has 1 aromatic heterocycles. The second-order valence-corrected chi connectivity index (χ2v) is 6.95. The van der Waals surface area contributed by atoms with E-state index in [1.807, 2.05) is 23.1 Å². The molecule has 5 heteroatoms. The summed E-state index contributed by atoms with van der Waals surface area (Å²) < 4.78 is 1.01. The summed E-state index contributed by atoms with van der Waals surface area (Å²) in [6.07, 6.45) is 2.14. The molecule has 1 aliphatic heterocycles. The predicted octanol–water partition coefficient (Wildman–Crippen LogP) is 4.01. The first-order valence-corrected chi connectivity index (χ1v) is 8.02. The highest BCUT2D eigenvalue weighted by Crippen LogP contribution is 2.36. The van der Waals surface area contributed by atoms with Crippen LogP contribution < -0.4 is 5.73 Å². The van der Waals surface area contributed by atoms with Crippen LogP contribution in [0.4, 0.5) is 5.69 Å². The fraction of sp³-hybridized carbons (Fsp3) is 0.400. The summed E-state index contributed by atoms with van der Waals surface area (Å²) in [6, 6.07) is 5.59. The molecule has 0 bridgehead atoms. The third-order valence-corrected chi connectivity index (χ3v) is 5.36. The van der Waals surface area contributed by atoms with Crippen LogP contribution in [0.1, 0.15) is 29.4 Å². The molecule has 2 N–H and O–H groups in total. The molecule has 2 heterocycles. The molecule has 106 valence electrons. The van der Waals surface area contributed by atoms with Gasteiger partial charge in [-0.3, -0.25) is 4.79 Å². The molecule has 20 heavy (non-hydrogen) atoms. The van der Waals surface area contributed by atoms with E-state index >= 15 is 0 Å². The van der Waals surface area contributed by atoms with E-state index < -0.39 is 0 Å². The number of amides is 1. The Bertz CT molecular complexity index is 659. The number of hydrogen-bond acceptors (Lipinski definition) is 3. The Morgan fingerprint density at radius 1 is 1.40 bits per heavy atom. The Morgan fingerprint density at radius 2 is 2.10 bits per heavy atom. The maximum Gasteiger partial charge on any atom is 0.266 e. The lowest BCUT2D eigenvalue weighted by Crippen LogP contribution is -2.37. The van der Waals surface area contributed by atoms with Crippen molar-refractivity contribution in [3.05, 3.63) is 28.1 Å². The van der Waals surface area contributed by atoms with Crippen molar-refractivity contribution in [2.45, 2.75) is 19.8 Å². The standard InChI is InChI=1S/C15H17ClN2OS/c1-9-4-6-18(7-5-9)15(19)14-13(17)11-8-10(16)2-3-12(11)20-14/h2-3,8-9H,4-7,17H2,1H3. The second-order valence-electron chi connectivity index (χ2n) is 5.46. The van der Waals surface area contributed by atoms with Crippen LogP contribution in [0.25, 0.3) is 10.1 Å². The number of halogens is 1. The van der Waals surface area contributed by atoms with Gasteiger partial charge in [0.15, 0.2) is 0 Å². The normalized spacial score (nSPS) is 16.8. The monoisotopic (exact) mass is 308 g/mol. The molecular formula is C15H17ClN2OS. The van der Waals surface area contributed by atoms with E-state index in [1.165, 1.54) is 11.3 Å². The summed E-state index contributed by atoms with van der Waals surface area (Å²) in [4.78, 5) is 15.2. The number of thiophene rings is 1. The highest BCUT2D eigenvalue weighted by Gasteiger charge is 2.25. The number of hydrogen-bond donors (Lipinski definition) is 1. The number of carbonyl (C=O) groups excluding carboxylic acids is 1. The number of nitrogens with two attached hydrogens (primary N) is 1. The van der Waals surface area contributed by atoms with Crippen LogP contribution >= 0.6 is 22.9 Å². The van der Waals surface area contributed by atoms with Gasteiger partial charge in [-0.2, -0.15) is 0 Å². The molecule has 2 aromatic rings. The first kappa shape index (κ1) is 13.7. The number of likely N-dealkylation sites (tertiary alicyclic amines) is 1. The van der Waals surface area contributed by atoms with Gasteiger partial charge in [-0.1, -0.05) is 18.5 Å². The van der Waals surface area contributed by atoms with Crippen LogP contribution in [0.5, 0.6) is 0 Å². The summed E-state index contributed by atoms with van der Waals surface area (Å²) in [6.45, 7) is 3.89. The van der Waals surface area contributed by atoms with Crippen molar-refractivity contribution in [1.82, 2.24) is 4.90 Å². The number of nitrogen functional groups attached to an aromatic ring is 1. The summed E-state index contributed by atoms with van der Waals surface area (Å²) in [7, 11) is 0. The molecular weight excluding hydrogens is 292 g/mol. The number of fused-ring (bicyclic) bond motifs is 1. The van der Waals surface area contributed by atoms with Crippen molar-refractivity contribution in [3.63, 3.8) is 0 Å². The van der Waals surface area contributed by atoms with E-state index in [2.05, 4.69) is 6.92 Å². The largest absolute Gasteiger partial charge is 0.397 e. The Kier molecular flexibility index (Phi) is 3.61. The number of anilines is 1. The van der Waals surface area contributed by atoms with Crippen molar-refractivity contribution >= 4 is 44.6 Å². The first-order chi connectivity index (χ1) is 9.56. The predicted molar refractivity (Wildman–Crippen MR) is 85.5 cm³/mol. The highest BCUT2D eigenvalue weighted by molar-refractivity contribution is 7.21. The van der Waals surface area contributed by atoms with E-state index in [-0.39, 0.29) is 5.91 Å². The lowest BCUT2D eigenvalue weighted by Gasteiger charge is -2.30. The van der Waals surface area contributed by atoms with Gasteiger partial charge in [0.25, 0.3) is 5.91 Å². The Balaban J connectivity index is 1.93. The van der Waals surface area contributed by atoms with Gasteiger partial charge < -0.3 is 10.6 Å². The van der Waals surface area contributed by atoms with Crippen molar-refractivity contribution in [2.24, 2.45) is 5.92 Å². The average Bonchev–Trinajstić information content (AvgIpc) is 2.76. The molecule has 0 saturated carbocycles. The van der Waals surface area contributed by atoms with E-state index in [0.29, 0.717) is 21.5 Å². The van der Waals surface area contributed by atoms with Gasteiger partial charge in [0.2, 0.25) is 0 Å². The number of benzene rings is 1. The topological polar surface area (TPSA) is 46.3 Å². The second kappa shape index (κ2) is 5.26. The lowest BCUT2D eigenvalue weighted by molar-refractivity contribution is 0.0703. The van der Waals surface area contributed by atoms with E-state index in [0.717, 1.165) is 36.0 Å². The quantitative estimate of drug-likeness (QED) is 0.865. The molecule has 0 radical (unpaired) electrons. The van der Waals surface area contributed by atoms with Gasteiger partial charge in [-0.05, 0) is 37.0 Å². The van der Waals surface area contributed by atoms with Crippen LogP contribution in [0, 0.1) is 5.92 Å². The van der Waals surface area contributed by atoms with Gasteiger partial charge in [0.1, 0.15) is 4.88 Å². The maximum absolute atomic E-state index is 12.6. The molecule has 0 atom stereocenters. The number of nitrogens with zero attached hydrogens (tertiary/aromatic N) is 1. The highest BCUT2D eigenvalue weighted by atomic mass is 35.5. The molecule has 1 amide bonds. The van der Waals surface area contributed by atoms with Crippen LogP contribution in [0.3, 0.4) is 0 Å². The first-order valence-electron chi connectivity index (χ1n) is 6.83. The zero-order chi connectivity index (χ0) is 14.3. The Morgan fingerprint density at radius 3 is 2.80 bits per heavy atom. The summed E-state index contributed by atoms with van der Waals surface area (Å²) in [5.41, 5.74) is 6.71. The molecule has 1 saturated heterocycles. The SMILES string of the molecule is CC1CCN(C(=O)c2sc3ccc(Cl)cc3c2N)CC1. The molecule has 0 aliphatic carbocycles. The number of piperidine rings is 1. The smallest absolute Gasteiger partial charge is 0.266 e. The molecule has 0 spiro atoms. The minimum absolute atomic E-state index is 0.0618. The summed E-state index contributed by atoms with van der Waals surface area (Å²) >= 11 is 7.46. The fourth-order valence-corrected chi connectivity index (χ4v) is 3.85. The summed E-state index contributed by atoms with van der Waals surface area (Å²) in [5.74, 6) is 0.768. The van der Waals surface area contributed by atoms with Crippen LogP contribution in [0.2, 0.25) is 5.02 Å². The lowest BCUT2D eigenvalue weighted by atomic mass is 9.99. The van der Waals surface area contributed by atoms with E-state index in [9.17, 15) is 4.79 Å². The Hall–Kier alpha value is -1.26.